The number of carbonyl (C=O) groups is 4. The van der Waals surface area contributed by atoms with Crippen LogP contribution >= 0.6 is 0 Å². The fourth-order valence-electron chi connectivity index (χ4n) is 5.04. The summed E-state index contributed by atoms with van der Waals surface area (Å²) < 4.78 is 22.3. The molecule has 0 heterocycles. The molecule has 4 N–H and O–H groups in total. The summed E-state index contributed by atoms with van der Waals surface area (Å²) in [6, 6.07) is 25.7. The predicted molar refractivity (Wildman–Crippen MR) is 219 cm³/mol. The van der Waals surface area contributed by atoms with Crippen molar-refractivity contribution in [2.75, 3.05) is 75.9 Å². The first-order valence-electron chi connectivity index (χ1n) is 18.4. The Hall–Kier alpha value is -6.44. The van der Waals surface area contributed by atoms with Gasteiger partial charge in [-0.25, -0.2) is 19.2 Å². The van der Waals surface area contributed by atoms with E-state index in [1.165, 1.54) is 9.80 Å². The zero-order valence-corrected chi connectivity index (χ0v) is 32.9. The van der Waals surface area contributed by atoms with Crippen LogP contribution in [0.3, 0.4) is 0 Å². The first kappa shape index (κ1) is 42.3. The van der Waals surface area contributed by atoms with E-state index in [9.17, 15) is 19.2 Å². The molecule has 6 amide bonds. The number of aryl methyl sites for hydroxylation is 2. The van der Waals surface area contributed by atoms with Gasteiger partial charge in [-0.05, 0) is 110 Å². The number of rotatable bonds is 17. The number of benzene rings is 4. The largest absolute Gasteiger partial charge is 0.494 e. The molecule has 0 spiro atoms. The molecular weight excluding hydrogens is 716 g/mol. The molecule has 14 heteroatoms. The van der Waals surface area contributed by atoms with E-state index in [0.717, 1.165) is 33.8 Å². The monoisotopic (exact) mass is 768 g/mol. The molecule has 4 aromatic rings. The summed E-state index contributed by atoms with van der Waals surface area (Å²) in [6.45, 7) is 5.20. The normalized spacial score (nSPS) is 10.5. The Labute approximate surface area is 328 Å². The predicted octanol–water partition coefficient (Wildman–Crippen LogP) is 8.97. The minimum absolute atomic E-state index is 0.245. The molecule has 0 aliphatic rings. The molecule has 0 aromatic heterocycles. The highest BCUT2D eigenvalue weighted by atomic mass is 16.6. The maximum atomic E-state index is 12.3. The Balaban J connectivity index is 1.06. The molecule has 14 nitrogen and oxygen atoms in total. The van der Waals surface area contributed by atoms with Crippen molar-refractivity contribution in [3.8, 4) is 22.6 Å². The van der Waals surface area contributed by atoms with Gasteiger partial charge in [-0.1, -0.05) is 36.4 Å². The van der Waals surface area contributed by atoms with Crippen molar-refractivity contribution in [2.45, 2.75) is 39.5 Å². The van der Waals surface area contributed by atoms with Gasteiger partial charge in [0.05, 0.1) is 26.4 Å². The van der Waals surface area contributed by atoms with E-state index in [2.05, 4.69) is 21.3 Å². The molecule has 0 fully saturated rings. The minimum atomic E-state index is -0.566. The van der Waals surface area contributed by atoms with Gasteiger partial charge in [-0.2, -0.15) is 0 Å². The van der Waals surface area contributed by atoms with Gasteiger partial charge in [0.25, 0.3) is 0 Å². The van der Waals surface area contributed by atoms with Crippen molar-refractivity contribution in [1.82, 2.24) is 9.80 Å². The third-order valence-corrected chi connectivity index (χ3v) is 8.39. The average Bonchev–Trinajstić information content (AvgIpc) is 3.17. The van der Waals surface area contributed by atoms with E-state index >= 15 is 0 Å². The van der Waals surface area contributed by atoms with Gasteiger partial charge in [0.2, 0.25) is 0 Å². The molecule has 0 saturated carbocycles. The van der Waals surface area contributed by atoms with Crippen LogP contribution < -0.4 is 30.7 Å². The number of hydrogen-bond donors (Lipinski definition) is 4. The van der Waals surface area contributed by atoms with Gasteiger partial charge in [0.15, 0.2) is 0 Å². The molecule has 0 unspecified atom stereocenters. The van der Waals surface area contributed by atoms with E-state index in [1.807, 2.05) is 74.5 Å². The van der Waals surface area contributed by atoms with Crippen molar-refractivity contribution in [3.63, 3.8) is 0 Å². The fourth-order valence-corrected chi connectivity index (χ4v) is 5.04. The first-order chi connectivity index (χ1) is 26.9. The Morgan fingerprint density at radius 2 is 0.839 bits per heavy atom. The standard InChI is InChI=1S/C42H52N6O8/c1-29-11-17-33(27-37(29)45-39(49)47(3)4)43-41(51)55-25-9-7-23-53-35-19-13-31(14-20-35)32-15-21-36(22-16-32)54-24-8-10-26-56-42(52)44-34-18-12-30(2)38(28-34)46-40(50)48(5)6/h11-22,27-28H,7-10,23-26H2,1-6H3,(H,43,51)(H,44,52)(H,45,49)(H,46,50). The van der Waals surface area contributed by atoms with Crippen molar-refractivity contribution >= 4 is 47.0 Å². The SMILES string of the molecule is Cc1ccc(NC(=O)OCCCCOc2ccc(-c3ccc(OCCCCOC(=O)Nc4ccc(C)c(NC(=O)N(C)C)c4)cc3)cc2)cc1NC(=O)N(C)C. The van der Waals surface area contributed by atoms with Crippen LogP contribution in [0.1, 0.15) is 36.8 Å². The van der Waals surface area contributed by atoms with Gasteiger partial charge in [0.1, 0.15) is 11.5 Å². The first-order valence-corrected chi connectivity index (χ1v) is 18.4. The maximum absolute atomic E-state index is 12.3. The molecule has 56 heavy (non-hydrogen) atoms. The topological polar surface area (TPSA) is 160 Å². The third kappa shape index (κ3) is 14.1. The Morgan fingerprint density at radius 1 is 0.482 bits per heavy atom. The number of unbranched alkanes of at least 4 members (excludes halogenated alkanes) is 2. The quantitative estimate of drug-likeness (QED) is 0.0775. The number of nitrogens with one attached hydrogen (secondary N) is 4. The van der Waals surface area contributed by atoms with Crippen LogP contribution in [0.5, 0.6) is 11.5 Å². The zero-order valence-electron chi connectivity index (χ0n) is 32.9. The second-order valence-electron chi connectivity index (χ2n) is 13.4. The Kier molecular flexibility index (Phi) is 16.2. The molecule has 0 saturated heterocycles. The number of nitrogens with zero attached hydrogens (tertiary/aromatic N) is 2. The third-order valence-electron chi connectivity index (χ3n) is 8.39. The van der Waals surface area contributed by atoms with E-state index in [-0.39, 0.29) is 25.3 Å². The Bertz CT molecular complexity index is 1780. The van der Waals surface area contributed by atoms with Crippen molar-refractivity contribution in [2.24, 2.45) is 0 Å². The summed E-state index contributed by atoms with van der Waals surface area (Å²) in [7, 11) is 6.62. The molecule has 4 rings (SSSR count). The molecule has 0 bridgehead atoms. The van der Waals surface area contributed by atoms with E-state index in [4.69, 9.17) is 18.9 Å². The summed E-state index contributed by atoms with van der Waals surface area (Å²) in [4.78, 5) is 51.4. The smallest absolute Gasteiger partial charge is 0.411 e. The molecular formula is C42H52N6O8. The summed E-state index contributed by atoms with van der Waals surface area (Å²) in [5.74, 6) is 1.50. The highest BCUT2D eigenvalue weighted by Crippen LogP contribution is 2.26. The van der Waals surface area contributed by atoms with Crippen LogP contribution in [0.25, 0.3) is 11.1 Å². The number of ether oxygens (including phenoxy) is 4. The Morgan fingerprint density at radius 3 is 1.20 bits per heavy atom. The number of amides is 6. The van der Waals surface area contributed by atoms with Crippen molar-refractivity contribution < 1.29 is 38.1 Å². The van der Waals surface area contributed by atoms with Crippen LogP contribution in [0, 0.1) is 13.8 Å². The summed E-state index contributed by atoms with van der Waals surface area (Å²) in [6.07, 6.45) is 1.56. The number of urea groups is 2. The van der Waals surface area contributed by atoms with Crippen LogP contribution in [-0.2, 0) is 9.47 Å². The van der Waals surface area contributed by atoms with Crippen LogP contribution in [0.2, 0.25) is 0 Å². The van der Waals surface area contributed by atoms with E-state index < -0.39 is 12.2 Å². The van der Waals surface area contributed by atoms with Crippen molar-refractivity contribution in [3.05, 3.63) is 96.1 Å². The summed E-state index contributed by atoms with van der Waals surface area (Å²) in [5.41, 5.74) is 6.09. The number of carbonyl (C=O) groups excluding carboxylic acids is 4. The van der Waals surface area contributed by atoms with Gasteiger partial charge in [-0.3, -0.25) is 10.6 Å². The second-order valence-corrected chi connectivity index (χ2v) is 13.4. The number of anilines is 4. The van der Waals surface area contributed by atoms with E-state index in [0.29, 0.717) is 61.6 Å². The maximum Gasteiger partial charge on any atom is 0.411 e. The lowest BCUT2D eigenvalue weighted by Crippen LogP contribution is -2.27. The highest BCUT2D eigenvalue weighted by Gasteiger charge is 2.11. The lowest BCUT2D eigenvalue weighted by atomic mass is 10.1. The molecule has 0 aliphatic heterocycles. The molecule has 0 atom stereocenters. The van der Waals surface area contributed by atoms with Crippen molar-refractivity contribution in [1.29, 1.82) is 0 Å². The van der Waals surface area contributed by atoms with Gasteiger partial charge >= 0.3 is 24.2 Å². The van der Waals surface area contributed by atoms with Gasteiger partial charge < -0.3 is 39.4 Å². The number of hydrogen-bond acceptors (Lipinski definition) is 8. The van der Waals surface area contributed by atoms with Crippen LogP contribution in [-0.4, -0.2) is 88.7 Å². The molecule has 0 radical (unpaired) electrons. The molecule has 298 valence electrons. The molecule has 0 aliphatic carbocycles. The average molecular weight is 769 g/mol. The van der Waals surface area contributed by atoms with Gasteiger partial charge in [-0.15, -0.1) is 0 Å². The fraction of sp³-hybridized carbons (Fsp3) is 0.333. The van der Waals surface area contributed by atoms with E-state index in [1.54, 1.807) is 52.5 Å². The summed E-state index contributed by atoms with van der Waals surface area (Å²) >= 11 is 0. The zero-order chi connectivity index (χ0) is 40.5. The van der Waals surface area contributed by atoms with Crippen LogP contribution in [0.4, 0.5) is 41.9 Å². The van der Waals surface area contributed by atoms with Crippen LogP contribution in [0.15, 0.2) is 84.9 Å². The lowest BCUT2D eigenvalue weighted by molar-refractivity contribution is 0.155. The molecule has 4 aromatic carbocycles. The highest BCUT2D eigenvalue weighted by molar-refractivity contribution is 5.93. The second kappa shape index (κ2) is 21.4. The summed E-state index contributed by atoms with van der Waals surface area (Å²) in [5, 5.41) is 11.0. The minimum Gasteiger partial charge on any atom is -0.494 e. The lowest BCUT2D eigenvalue weighted by Gasteiger charge is -2.15. The van der Waals surface area contributed by atoms with Gasteiger partial charge in [0, 0.05) is 50.9 Å².